The standard InChI is InChI=1S/C25H35NO5/c1-15(2)31-21-6-5-20(10-22(21)29-4)24(28)30-14-23(27)26-16(3)25-11-17-7-18(12-25)9-19(8-17)13-25/h5-6,10,15-19H,7-9,11-14H2,1-4H3,(H,26,27). The van der Waals surface area contributed by atoms with Crippen LogP contribution in [0.1, 0.15) is 69.7 Å². The van der Waals surface area contributed by atoms with Crippen LogP contribution < -0.4 is 14.8 Å². The highest BCUT2D eigenvalue weighted by Crippen LogP contribution is 2.61. The van der Waals surface area contributed by atoms with E-state index in [1.807, 2.05) is 13.8 Å². The Bertz CT molecular complexity index is 798. The van der Waals surface area contributed by atoms with Gasteiger partial charge in [-0.15, -0.1) is 0 Å². The number of methoxy groups -OCH3 is 1. The third-order valence-electron chi connectivity index (χ3n) is 7.48. The molecule has 0 radical (unpaired) electrons. The van der Waals surface area contributed by atoms with Crippen LogP contribution in [0.25, 0.3) is 0 Å². The summed E-state index contributed by atoms with van der Waals surface area (Å²) in [5.41, 5.74) is 0.559. The van der Waals surface area contributed by atoms with E-state index in [2.05, 4.69) is 12.2 Å². The molecule has 1 unspecified atom stereocenters. The molecule has 4 aliphatic carbocycles. The first-order valence-electron chi connectivity index (χ1n) is 11.6. The topological polar surface area (TPSA) is 73.9 Å². The van der Waals surface area contributed by atoms with E-state index in [4.69, 9.17) is 14.2 Å². The van der Waals surface area contributed by atoms with E-state index in [0.29, 0.717) is 17.1 Å². The maximum absolute atomic E-state index is 12.5. The number of hydrogen-bond acceptors (Lipinski definition) is 5. The molecule has 4 saturated carbocycles. The van der Waals surface area contributed by atoms with Gasteiger partial charge in [-0.1, -0.05) is 0 Å². The molecule has 6 nitrogen and oxygen atoms in total. The molecule has 0 spiro atoms. The fourth-order valence-electron chi connectivity index (χ4n) is 6.50. The van der Waals surface area contributed by atoms with Crippen molar-refractivity contribution in [2.75, 3.05) is 13.7 Å². The van der Waals surface area contributed by atoms with E-state index < -0.39 is 5.97 Å². The molecular formula is C25H35NO5. The lowest BCUT2D eigenvalue weighted by Crippen LogP contribution is -2.56. The van der Waals surface area contributed by atoms with Gasteiger partial charge in [-0.3, -0.25) is 4.79 Å². The fourth-order valence-corrected chi connectivity index (χ4v) is 6.50. The van der Waals surface area contributed by atoms with Crippen molar-refractivity contribution in [3.63, 3.8) is 0 Å². The molecule has 4 fully saturated rings. The van der Waals surface area contributed by atoms with Crippen molar-refractivity contribution in [3.05, 3.63) is 23.8 Å². The Kier molecular flexibility index (Phi) is 6.18. The van der Waals surface area contributed by atoms with Crippen LogP contribution in [0.4, 0.5) is 0 Å². The number of esters is 1. The number of carbonyl (C=O) groups excluding carboxylic acids is 2. The lowest BCUT2D eigenvalue weighted by Gasteiger charge is -2.59. The van der Waals surface area contributed by atoms with E-state index in [9.17, 15) is 9.59 Å². The van der Waals surface area contributed by atoms with Crippen molar-refractivity contribution < 1.29 is 23.8 Å². The minimum atomic E-state index is -0.549. The molecule has 0 heterocycles. The Morgan fingerprint density at radius 2 is 1.65 bits per heavy atom. The van der Waals surface area contributed by atoms with Gasteiger partial charge in [0.2, 0.25) is 0 Å². The number of carbonyl (C=O) groups is 2. The molecule has 1 atom stereocenters. The predicted molar refractivity (Wildman–Crippen MR) is 117 cm³/mol. The first kappa shape index (κ1) is 22.0. The van der Waals surface area contributed by atoms with Gasteiger partial charge in [0.05, 0.1) is 18.8 Å². The van der Waals surface area contributed by atoms with Gasteiger partial charge in [0.25, 0.3) is 5.91 Å². The predicted octanol–water partition coefficient (Wildman–Crippen LogP) is 4.36. The largest absolute Gasteiger partial charge is 0.493 e. The molecule has 1 aromatic rings. The Morgan fingerprint density at radius 1 is 1.03 bits per heavy atom. The molecule has 1 amide bonds. The van der Waals surface area contributed by atoms with Crippen LogP contribution in [0, 0.1) is 23.2 Å². The van der Waals surface area contributed by atoms with E-state index >= 15 is 0 Å². The maximum Gasteiger partial charge on any atom is 0.338 e. The van der Waals surface area contributed by atoms with Crippen molar-refractivity contribution in [2.24, 2.45) is 23.2 Å². The highest BCUT2D eigenvalue weighted by atomic mass is 16.5. The number of rotatable bonds is 8. The summed E-state index contributed by atoms with van der Waals surface area (Å²) in [6, 6.07) is 5.00. The lowest BCUT2D eigenvalue weighted by molar-refractivity contribution is -0.128. The third kappa shape index (κ3) is 4.68. The van der Waals surface area contributed by atoms with Crippen LogP contribution in [-0.4, -0.2) is 37.7 Å². The van der Waals surface area contributed by atoms with Crippen molar-refractivity contribution in [1.29, 1.82) is 0 Å². The third-order valence-corrected chi connectivity index (χ3v) is 7.48. The summed E-state index contributed by atoms with van der Waals surface area (Å²) in [5.74, 6) is 2.75. The van der Waals surface area contributed by atoms with Crippen LogP contribution in [0.15, 0.2) is 18.2 Å². The highest BCUT2D eigenvalue weighted by molar-refractivity contribution is 5.92. The average molecular weight is 430 g/mol. The number of ether oxygens (including phenoxy) is 3. The summed E-state index contributed by atoms with van der Waals surface area (Å²) in [7, 11) is 1.52. The summed E-state index contributed by atoms with van der Waals surface area (Å²) < 4.78 is 16.3. The van der Waals surface area contributed by atoms with Crippen molar-refractivity contribution in [2.45, 2.75) is 71.4 Å². The zero-order valence-electron chi connectivity index (χ0n) is 19.1. The second-order valence-corrected chi connectivity index (χ2v) is 10.2. The first-order valence-corrected chi connectivity index (χ1v) is 11.6. The van der Waals surface area contributed by atoms with Gasteiger partial charge in [0.1, 0.15) is 0 Å². The van der Waals surface area contributed by atoms with Gasteiger partial charge >= 0.3 is 5.97 Å². The van der Waals surface area contributed by atoms with Crippen LogP contribution in [-0.2, 0) is 9.53 Å². The van der Waals surface area contributed by atoms with Crippen molar-refractivity contribution >= 4 is 11.9 Å². The molecule has 170 valence electrons. The molecule has 0 aliphatic heterocycles. The highest BCUT2D eigenvalue weighted by Gasteiger charge is 2.53. The molecule has 1 aromatic carbocycles. The second-order valence-electron chi connectivity index (χ2n) is 10.2. The molecule has 0 saturated heterocycles. The van der Waals surface area contributed by atoms with Crippen LogP contribution in [0.5, 0.6) is 11.5 Å². The van der Waals surface area contributed by atoms with Gasteiger partial charge in [0.15, 0.2) is 18.1 Å². The van der Waals surface area contributed by atoms with E-state index in [1.165, 1.54) is 45.6 Å². The fraction of sp³-hybridized carbons (Fsp3) is 0.680. The lowest BCUT2D eigenvalue weighted by atomic mass is 9.48. The smallest absolute Gasteiger partial charge is 0.338 e. The van der Waals surface area contributed by atoms with Crippen molar-refractivity contribution in [3.8, 4) is 11.5 Å². The van der Waals surface area contributed by atoms with E-state index in [0.717, 1.165) is 17.8 Å². The molecule has 5 rings (SSSR count). The van der Waals surface area contributed by atoms with Crippen LogP contribution in [0.2, 0.25) is 0 Å². The summed E-state index contributed by atoms with van der Waals surface area (Å²) in [4.78, 5) is 25.0. The van der Waals surface area contributed by atoms with Crippen LogP contribution in [0.3, 0.4) is 0 Å². The summed E-state index contributed by atoms with van der Waals surface area (Å²) in [5, 5.41) is 3.14. The van der Waals surface area contributed by atoms with Crippen LogP contribution >= 0.6 is 0 Å². The minimum Gasteiger partial charge on any atom is -0.493 e. The van der Waals surface area contributed by atoms with Gasteiger partial charge in [0, 0.05) is 6.04 Å². The van der Waals surface area contributed by atoms with Gasteiger partial charge < -0.3 is 19.5 Å². The molecular weight excluding hydrogens is 394 g/mol. The zero-order chi connectivity index (χ0) is 22.2. The minimum absolute atomic E-state index is 0.00800. The SMILES string of the molecule is COc1cc(C(=O)OCC(=O)NC(C)C23CC4CC(CC(C4)C2)C3)ccc1OC(C)C. The Labute approximate surface area is 185 Å². The van der Waals surface area contributed by atoms with E-state index in [1.54, 1.807) is 18.2 Å². The maximum atomic E-state index is 12.5. The number of benzene rings is 1. The molecule has 4 aliphatic rings. The Morgan fingerprint density at radius 3 is 2.19 bits per heavy atom. The van der Waals surface area contributed by atoms with Gasteiger partial charge in [-0.05, 0) is 101 Å². The van der Waals surface area contributed by atoms with Gasteiger partial charge in [-0.2, -0.15) is 0 Å². The van der Waals surface area contributed by atoms with Crippen molar-refractivity contribution in [1.82, 2.24) is 5.32 Å². The average Bonchev–Trinajstić information content (AvgIpc) is 2.71. The molecule has 0 aromatic heterocycles. The molecule has 6 heteroatoms. The number of nitrogens with one attached hydrogen (secondary N) is 1. The molecule has 1 N–H and O–H groups in total. The molecule has 31 heavy (non-hydrogen) atoms. The summed E-state index contributed by atoms with van der Waals surface area (Å²) in [6.45, 7) is 5.70. The number of hydrogen-bond donors (Lipinski definition) is 1. The first-order chi connectivity index (χ1) is 14.8. The number of amides is 1. The monoisotopic (exact) mass is 429 g/mol. The second kappa shape index (κ2) is 8.71. The molecule has 4 bridgehead atoms. The Balaban J connectivity index is 1.31. The van der Waals surface area contributed by atoms with E-state index in [-0.39, 0.29) is 30.1 Å². The van der Waals surface area contributed by atoms with Gasteiger partial charge in [-0.25, -0.2) is 4.79 Å². The quantitative estimate of drug-likeness (QED) is 0.622. The Hall–Kier alpha value is -2.24. The summed E-state index contributed by atoms with van der Waals surface area (Å²) in [6.07, 6.45) is 7.80. The summed E-state index contributed by atoms with van der Waals surface area (Å²) >= 11 is 0. The zero-order valence-corrected chi connectivity index (χ0v) is 19.1. The normalized spacial score (nSPS) is 29.5.